The summed E-state index contributed by atoms with van der Waals surface area (Å²) in [5.74, 6) is -0.0768. The first-order valence-electron chi connectivity index (χ1n) is 5.33. The Kier molecular flexibility index (Phi) is 9.07. The summed E-state index contributed by atoms with van der Waals surface area (Å²) < 4.78 is 20.5. The molecule has 110 valence electrons. The zero-order chi connectivity index (χ0) is 14.9. The van der Waals surface area contributed by atoms with Crippen molar-refractivity contribution in [2.24, 2.45) is 0 Å². The number of ether oxygens (including phenoxy) is 1. The Bertz CT molecular complexity index is 646. The molecule has 10 nitrogen and oxygen atoms in total. The van der Waals surface area contributed by atoms with E-state index in [1.165, 1.54) is 12.3 Å². The molecule has 0 aromatic carbocycles. The van der Waals surface area contributed by atoms with Crippen LogP contribution in [0.1, 0.15) is 6.23 Å². The van der Waals surface area contributed by atoms with Crippen molar-refractivity contribution in [3.63, 3.8) is 0 Å². The number of aliphatic hydroxyl groups excluding tert-OH is 1. The summed E-state index contributed by atoms with van der Waals surface area (Å²) >= 11 is 0. The van der Waals surface area contributed by atoms with E-state index < -0.39 is 32.5 Å². The molecular weight excluding hydrogens is 339 g/mol. The predicted molar refractivity (Wildman–Crippen MR) is 60.7 cm³/mol. The van der Waals surface area contributed by atoms with Gasteiger partial charge >= 0.3 is 64.8 Å². The zero-order valence-electron chi connectivity index (χ0n) is 11.9. The smallest absolute Gasteiger partial charge is 0.790 e. The molecule has 2 rings (SSSR count). The molecule has 22 heavy (non-hydrogen) atoms. The zero-order valence-corrected chi connectivity index (χ0v) is 16.8. The monoisotopic (exact) mass is 349 g/mol. The Morgan fingerprint density at radius 2 is 2.14 bits per heavy atom. The van der Waals surface area contributed by atoms with Gasteiger partial charge in [0, 0.05) is 6.20 Å². The Labute approximate surface area is 169 Å². The maximum absolute atomic E-state index is 11.6. The van der Waals surface area contributed by atoms with Crippen LogP contribution >= 0.6 is 7.82 Å². The van der Waals surface area contributed by atoms with Gasteiger partial charge in [0.05, 0.1) is 7.82 Å². The molecule has 2 atom stereocenters. The number of nitrogens with zero attached hydrogens (tertiary/aromatic N) is 2. The van der Waals surface area contributed by atoms with E-state index in [0.717, 1.165) is 10.6 Å². The van der Waals surface area contributed by atoms with E-state index in [9.17, 15) is 24.3 Å². The maximum atomic E-state index is 11.6. The molecule has 1 aromatic rings. The van der Waals surface area contributed by atoms with Crippen molar-refractivity contribution in [1.82, 2.24) is 9.55 Å². The molecule has 1 aliphatic heterocycles. The van der Waals surface area contributed by atoms with Crippen molar-refractivity contribution in [1.29, 1.82) is 0 Å². The van der Waals surface area contributed by atoms with Crippen molar-refractivity contribution in [2.75, 3.05) is 12.3 Å². The van der Waals surface area contributed by atoms with Crippen LogP contribution in [-0.2, 0) is 13.8 Å². The van der Waals surface area contributed by atoms with Crippen molar-refractivity contribution in [3.05, 3.63) is 34.6 Å². The first-order chi connectivity index (χ1) is 9.26. The number of hydrogen-bond acceptors (Lipinski definition) is 9. The summed E-state index contributed by atoms with van der Waals surface area (Å²) in [5, 5.41) is 9.73. The van der Waals surface area contributed by atoms with E-state index in [4.69, 9.17) is 10.5 Å². The summed E-state index contributed by atoms with van der Waals surface area (Å²) in [6.07, 6.45) is 0.0343. The molecule has 1 aliphatic rings. The van der Waals surface area contributed by atoms with Gasteiger partial charge in [-0.2, -0.15) is 4.98 Å². The van der Waals surface area contributed by atoms with E-state index in [2.05, 4.69) is 9.51 Å². The summed E-state index contributed by atoms with van der Waals surface area (Å²) in [7, 11) is -5.15. The molecule has 0 aliphatic carbocycles. The number of hydrogen-bond donors (Lipinski definition) is 2. The number of anilines is 1. The average Bonchev–Trinajstić information content (AvgIpc) is 2.67. The Balaban J connectivity index is 0.00000220. The van der Waals surface area contributed by atoms with Crippen molar-refractivity contribution < 1.29 is 87.8 Å². The predicted octanol–water partition coefficient (Wildman–Crippen LogP) is -8.55. The van der Waals surface area contributed by atoms with Gasteiger partial charge in [-0.1, -0.05) is 0 Å². The molecule has 3 N–H and O–H groups in total. The summed E-state index contributed by atoms with van der Waals surface area (Å²) in [6.45, 7) is -0.658. The molecule has 0 spiro atoms. The fraction of sp³-hybridized carbons (Fsp3) is 0.333. The molecular formula is C9H10N3Na2O7P. The third-order valence-corrected chi connectivity index (χ3v) is 2.86. The Morgan fingerprint density at radius 1 is 1.50 bits per heavy atom. The molecule has 0 saturated heterocycles. The van der Waals surface area contributed by atoms with Crippen LogP contribution in [0.25, 0.3) is 0 Å². The topological polar surface area (TPSA) is 163 Å². The van der Waals surface area contributed by atoms with Crippen LogP contribution in [0.5, 0.6) is 0 Å². The van der Waals surface area contributed by atoms with Gasteiger partial charge in [-0.25, -0.2) is 4.79 Å². The second-order valence-electron chi connectivity index (χ2n) is 3.89. The standard InChI is InChI=1S/C9H12N3O7P.2Na/c10-7-1-2-12(9(14)11-7)8-6(13)3-5(19-8)4-18-20(15,16)17;;/h1-3,6,8,13H,4H2,(H2,10,11,14)(H2,15,16,17);;/q;2*+1/p-2/t6-,8-;;/m1../s1. The number of aromatic nitrogens is 2. The molecule has 13 heteroatoms. The Hall–Kier alpha value is 0.290. The third kappa shape index (κ3) is 6.06. The number of phosphoric ester groups is 1. The molecule has 0 fully saturated rings. The summed E-state index contributed by atoms with van der Waals surface area (Å²) in [5.41, 5.74) is 4.58. The largest absolute Gasteiger partial charge is 1.00 e. The molecule has 0 saturated carbocycles. The second-order valence-corrected chi connectivity index (χ2v) is 5.05. The minimum absolute atomic E-state index is 0. The van der Waals surface area contributed by atoms with E-state index >= 15 is 0 Å². The van der Waals surface area contributed by atoms with Crippen LogP contribution < -0.4 is 80.3 Å². The third-order valence-electron chi connectivity index (χ3n) is 2.41. The van der Waals surface area contributed by atoms with Gasteiger partial charge in [0.2, 0.25) is 6.23 Å². The van der Waals surface area contributed by atoms with Gasteiger partial charge in [-0.05, 0) is 12.1 Å². The van der Waals surface area contributed by atoms with Crippen LogP contribution in [0.2, 0.25) is 0 Å². The van der Waals surface area contributed by atoms with Gasteiger partial charge in [0.1, 0.15) is 24.3 Å². The molecule has 0 unspecified atom stereocenters. The SMILES string of the molecule is Nc1ccn([C@@H]2OC(COP(=O)([O-])[O-])=C[C@H]2O)c(=O)n1.[Na+].[Na+]. The van der Waals surface area contributed by atoms with E-state index in [-0.39, 0.29) is 70.7 Å². The summed E-state index contributed by atoms with van der Waals surface area (Å²) in [6, 6.07) is 1.33. The van der Waals surface area contributed by atoms with Crippen LogP contribution in [0.15, 0.2) is 28.9 Å². The van der Waals surface area contributed by atoms with Crippen LogP contribution in [-0.4, -0.2) is 27.4 Å². The van der Waals surface area contributed by atoms with Gasteiger partial charge in [-0.15, -0.1) is 0 Å². The first kappa shape index (κ1) is 22.3. The minimum atomic E-state index is -5.15. The summed E-state index contributed by atoms with van der Waals surface area (Å²) in [4.78, 5) is 35.7. The van der Waals surface area contributed by atoms with E-state index in [0.29, 0.717) is 0 Å². The number of aliphatic hydroxyl groups is 1. The van der Waals surface area contributed by atoms with Gasteiger partial charge in [0.15, 0.2) is 0 Å². The van der Waals surface area contributed by atoms with Crippen LogP contribution in [0, 0.1) is 0 Å². The van der Waals surface area contributed by atoms with Crippen LogP contribution in [0.4, 0.5) is 5.82 Å². The molecule has 0 amide bonds. The Morgan fingerprint density at radius 3 is 2.68 bits per heavy atom. The number of phosphoric acid groups is 1. The minimum Gasteiger partial charge on any atom is -0.790 e. The average molecular weight is 349 g/mol. The quantitative estimate of drug-likeness (QED) is 0.397. The number of nitrogens with two attached hydrogens (primary N) is 1. The van der Waals surface area contributed by atoms with Crippen molar-refractivity contribution in [2.45, 2.75) is 12.3 Å². The van der Waals surface area contributed by atoms with Crippen molar-refractivity contribution in [3.8, 4) is 0 Å². The van der Waals surface area contributed by atoms with Gasteiger partial charge in [-0.3, -0.25) is 4.57 Å². The molecule has 2 heterocycles. The molecule has 0 bridgehead atoms. The molecule has 1 aromatic heterocycles. The second kappa shape index (κ2) is 8.95. The van der Waals surface area contributed by atoms with Crippen molar-refractivity contribution >= 4 is 13.6 Å². The molecule has 0 radical (unpaired) electrons. The fourth-order valence-electron chi connectivity index (χ4n) is 1.60. The maximum Gasteiger partial charge on any atom is 1.00 e. The number of nitrogen functional groups attached to an aromatic ring is 1. The first-order valence-corrected chi connectivity index (χ1v) is 6.79. The van der Waals surface area contributed by atoms with Gasteiger partial charge < -0.3 is 34.5 Å². The fourth-order valence-corrected chi connectivity index (χ4v) is 1.89. The van der Waals surface area contributed by atoms with E-state index in [1.54, 1.807) is 0 Å². The van der Waals surface area contributed by atoms with E-state index in [1.807, 2.05) is 0 Å². The number of rotatable bonds is 4. The normalized spacial score (nSPS) is 20.4. The van der Waals surface area contributed by atoms with Crippen LogP contribution in [0.3, 0.4) is 0 Å². The van der Waals surface area contributed by atoms with Gasteiger partial charge in [0.25, 0.3) is 0 Å².